The number of sulfonamides is 1. The van der Waals surface area contributed by atoms with E-state index in [4.69, 9.17) is 0 Å². The molecular weight excluding hydrogens is 430 g/mol. The summed E-state index contributed by atoms with van der Waals surface area (Å²) in [6, 6.07) is 6.29. The lowest BCUT2D eigenvalue weighted by molar-refractivity contribution is -0.305. The number of nitrogens with one attached hydrogen (secondary N) is 1. The molecule has 0 aliphatic carbocycles. The maximum Gasteiger partial charge on any atom is 0.275 e. The first kappa shape index (κ1) is 20.6. The highest BCUT2D eigenvalue weighted by Crippen LogP contribution is 2.36. The molecule has 11 heteroatoms. The fraction of sp³-hybridized carbons (Fsp3) is 0.421. The van der Waals surface area contributed by atoms with Crippen LogP contribution < -0.4 is 15.4 Å². The van der Waals surface area contributed by atoms with E-state index < -0.39 is 21.6 Å². The van der Waals surface area contributed by atoms with E-state index in [9.17, 15) is 27.9 Å². The molecule has 0 unspecified atom stereocenters. The number of thiophene rings is 1. The molecule has 2 atom stereocenters. The van der Waals surface area contributed by atoms with Crippen LogP contribution in [-0.4, -0.2) is 42.9 Å². The first-order chi connectivity index (χ1) is 14.2. The van der Waals surface area contributed by atoms with Crippen molar-refractivity contribution < 1.29 is 23.1 Å². The van der Waals surface area contributed by atoms with E-state index in [1.165, 1.54) is 12.1 Å². The molecule has 2 aliphatic heterocycles. The molecule has 9 nitrogen and oxygen atoms in total. The number of nitrogens with zero attached hydrogens (tertiary/aromatic N) is 2. The van der Waals surface area contributed by atoms with Crippen molar-refractivity contribution >= 4 is 38.9 Å². The number of rotatable bonds is 6. The highest BCUT2D eigenvalue weighted by atomic mass is 32.2. The van der Waals surface area contributed by atoms with Gasteiger partial charge in [-0.1, -0.05) is 6.07 Å². The lowest BCUT2D eigenvalue weighted by atomic mass is 9.83. The van der Waals surface area contributed by atoms with E-state index in [1.54, 1.807) is 27.0 Å². The van der Waals surface area contributed by atoms with Crippen molar-refractivity contribution in [3.05, 3.63) is 45.7 Å². The van der Waals surface area contributed by atoms with Crippen molar-refractivity contribution in [1.29, 1.82) is 0 Å². The number of hydrogen-bond donors (Lipinski definition) is 1. The van der Waals surface area contributed by atoms with Crippen LogP contribution in [0.5, 0.6) is 0 Å². The molecule has 4 heterocycles. The van der Waals surface area contributed by atoms with Gasteiger partial charge in [-0.05, 0) is 42.3 Å². The second-order valence-corrected chi connectivity index (χ2v) is 10.5. The molecular formula is C19H20N3O6S2-. The highest BCUT2D eigenvalue weighted by molar-refractivity contribution is 7.94. The summed E-state index contributed by atoms with van der Waals surface area (Å²) in [7, 11) is -3.82. The van der Waals surface area contributed by atoms with Crippen molar-refractivity contribution in [2.45, 2.75) is 35.9 Å². The van der Waals surface area contributed by atoms with Crippen molar-refractivity contribution in [1.82, 2.24) is 9.47 Å². The Morgan fingerprint density at radius 2 is 1.97 bits per heavy atom. The van der Waals surface area contributed by atoms with Crippen molar-refractivity contribution in [3.8, 4) is 0 Å². The standard InChI is InChI=1S/C19H21N3O6S2/c23-16(5-6-17(24)25)21-9-12-8-13(11-21)15-4-3-14(19(26)22(15)10-12)20-30(27,28)18-2-1-7-29-18/h1-4,7,12-13,20H,5-6,8-11H2,(H,24,25)/p-1/t12-,13+/m0/s1. The van der Waals surface area contributed by atoms with Crippen LogP contribution in [0.4, 0.5) is 5.69 Å². The summed E-state index contributed by atoms with van der Waals surface area (Å²) in [5.41, 5.74) is 0.348. The van der Waals surface area contributed by atoms with Crippen molar-refractivity contribution in [2.24, 2.45) is 5.92 Å². The van der Waals surface area contributed by atoms with E-state index in [1.807, 2.05) is 0 Å². The maximum atomic E-state index is 13.0. The molecule has 30 heavy (non-hydrogen) atoms. The summed E-state index contributed by atoms with van der Waals surface area (Å²) in [6.45, 7) is 1.23. The molecule has 0 radical (unpaired) electrons. The predicted molar refractivity (Wildman–Crippen MR) is 107 cm³/mol. The van der Waals surface area contributed by atoms with E-state index in [0.29, 0.717) is 19.6 Å². The van der Waals surface area contributed by atoms with Crippen LogP contribution in [0.15, 0.2) is 38.6 Å². The fourth-order valence-electron chi connectivity index (χ4n) is 4.21. The number of likely N-dealkylation sites (tertiary alicyclic amines) is 1. The van der Waals surface area contributed by atoms with Gasteiger partial charge in [-0.2, -0.15) is 0 Å². The zero-order valence-corrected chi connectivity index (χ0v) is 17.6. The van der Waals surface area contributed by atoms with Crippen LogP contribution in [0.2, 0.25) is 0 Å². The van der Waals surface area contributed by atoms with Gasteiger partial charge in [0.1, 0.15) is 9.90 Å². The molecule has 4 rings (SSSR count). The number of fused-ring (bicyclic) bond motifs is 4. The lowest BCUT2D eigenvalue weighted by Crippen LogP contribution is -2.49. The first-order valence-corrected chi connectivity index (χ1v) is 11.9. The molecule has 160 valence electrons. The summed E-state index contributed by atoms with van der Waals surface area (Å²) in [4.78, 5) is 37.6. The zero-order valence-electron chi connectivity index (χ0n) is 15.9. The van der Waals surface area contributed by atoms with Gasteiger partial charge in [-0.15, -0.1) is 11.3 Å². The summed E-state index contributed by atoms with van der Waals surface area (Å²) in [6.07, 6.45) is 0.413. The van der Waals surface area contributed by atoms with Crippen LogP contribution in [0, 0.1) is 5.92 Å². The number of piperidine rings is 1. The summed E-state index contributed by atoms with van der Waals surface area (Å²) in [5.74, 6) is -1.50. The number of hydrogen-bond acceptors (Lipinski definition) is 7. The van der Waals surface area contributed by atoms with Crippen LogP contribution in [0.3, 0.4) is 0 Å². The third-order valence-electron chi connectivity index (χ3n) is 5.50. The van der Waals surface area contributed by atoms with Gasteiger partial charge in [-0.3, -0.25) is 14.3 Å². The Morgan fingerprint density at radius 3 is 2.67 bits per heavy atom. The third kappa shape index (κ3) is 3.99. The van der Waals surface area contributed by atoms with Crippen LogP contribution in [0.25, 0.3) is 0 Å². The predicted octanol–water partition coefficient (Wildman–Crippen LogP) is 0.186. The number of carboxylic acids is 1. The molecule has 2 aliphatic rings. The smallest absolute Gasteiger partial charge is 0.275 e. The number of aromatic nitrogens is 1. The Hall–Kier alpha value is -2.66. The van der Waals surface area contributed by atoms with E-state index in [-0.39, 0.29) is 40.5 Å². The van der Waals surface area contributed by atoms with Gasteiger partial charge in [0.05, 0.1) is 0 Å². The van der Waals surface area contributed by atoms with Crippen molar-refractivity contribution in [2.75, 3.05) is 17.8 Å². The van der Waals surface area contributed by atoms with E-state index >= 15 is 0 Å². The molecule has 1 amide bonds. The molecule has 0 saturated carbocycles. The average Bonchev–Trinajstić information content (AvgIpc) is 3.24. The summed E-state index contributed by atoms with van der Waals surface area (Å²) < 4.78 is 29.0. The molecule has 0 aromatic carbocycles. The Bertz CT molecular complexity index is 1140. The number of anilines is 1. The largest absolute Gasteiger partial charge is 0.550 e. The minimum atomic E-state index is -3.82. The molecule has 2 aromatic heterocycles. The monoisotopic (exact) mass is 450 g/mol. The number of aliphatic carboxylic acids is 1. The first-order valence-electron chi connectivity index (χ1n) is 9.52. The second kappa shape index (κ2) is 7.88. The average molecular weight is 451 g/mol. The van der Waals surface area contributed by atoms with Gasteiger partial charge in [0.15, 0.2) is 0 Å². The SMILES string of the molecule is O=C([O-])CCC(=O)N1C[C@@H]2C[C@H](C1)c1ccc(NS(=O)(=O)c3cccs3)c(=O)n1C2. The second-order valence-electron chi connectivity index (χ2n) is 7.59. The number of carboxylic acid groups (broad SMARTS) is 1. The molecule has 0 spiro atoms. The number of amides is 1. The Morgan fingerprint density at radius 1 is 1.17 bits per heavy atom. The quantitative estimate of drug-likeness (QED) is 0.669. The highest BCUT2D eigenvalue weighted by Gasteiger charge is 2.36. The third-order valence-corrected chi connectivity index (χ3v) is 8.27. The molecule has 1 fully saturated rings. The number of carbonyl (C=O) groups excluding carboxylic acids is 2. The van der Waals surface area contributed by atoms with Crippen molar-refractivity contribution in [3.63, 3.8) is 0 Å². The van der Waals surface area contributed by atoms with Gasteiger partial charge >= 0.3 is 0 Å². The Labute approximate surface area is 177 Å². The Kier molecular flexibility index (Phi) is 5.41. The maximum absolute atomic E-state index is 13.0. The van der Waals surface area contributed by atoms with Crippen LogP contribution >= 0.6 is 11.3 Å². The van der Waals surface area contributed by atoms with E-state index in [0.717, 1.165) is 23.5 Å². The minimum Gasteiger partial charge on any atom is -0.550 e. The minimum absolute atomic E-state index is 0.00554. The molecule has 2 aromatic rings. The topological polar surface area (TPSA) is 129 Å². The van der Waals surface area contributed by atoms with Gasteiger partial charge in [0.2, 0.25) is 5.91 Å². The van der Waals surface area contributed by atoms with Crippen LogP contribution in [0.1, 0.15) is 30.9 Å². The normalized spacial score (nSPS) is 20.5. The summed E-state index contributed by atoms with van der Waals surface area (Å²) >= 11 is 1.07. The van der Waals surface area contributed by atoms with Gasteiger partial charge in [-0.25, -0.2) is 8.42 Å². The fourth-order valence-corrected chi connectivity index (χ4v) is 6.26. The van der Waals surface area contributed by atoms with Crippen LogP contribution in [-0.2, 0) is 26.2 Å². The van der Waals surface area contributed by atoms with Gasteiger partial charge in [0.25, 0.3) is 15.6 Å². The number of pyridine rings is 1. The molecule has 1 N–H and O–H groups in total. The molecule has 1 saturated heterocycles. The Balaban J connectivity index is 1.56. The molecule has 2 bridgehead atoms. The van der Waals surface area contributed by atoms with Gasteiger partial charge < -0.3 is 19.4 Å². The number of carbonyl (C=O) groups is 2. The zero-order chi connectivity index (χ0) is 21.5. The van der Waals surface area contributed by atoms with E-state index in [2.05, 4.69) is 4.72 Å². The summed E-state index contributed by atoms with van der Waals surface area (Å²) in [5, 5.41) is 12.3. The lowest BCUT2D eigenvalue weighted by Gasteiger charge is -2.43. The van der Waals surface area contributed by atoms with Gasteiger partial charge in [0, 0.05) is 43.6 Å².